The van der Waals surface area contributed by atoms with Gasteiger partial charge in [-0.15, -0.1) is 6.58 Å². The topological polar surface area (TPSA) is 50.9 Å². The third kappa shape index (κ3) is 4.25. The van der Waals surface area contributed by atoms with Crippen molar-refractivity contribution in [2.75, 3.05) is 29.1 Å². The lowest BCUT2D eigenvalue weighted by Crippen LogP contribution is -2.06. The molecule has 3 nitrogen and oxygen atoms in total. The second kappa shape index (κ2) is 6.35. The van der Waals surface area contributed by atoms with E-state index in [-0.39, 0.29) is 0 Å². The summed E-state index contributed by atoms with van der Waals surface area (Å²) < 4.78 is 0. The number of nitrogens with zero attached hydrogens (tertiary/aromatic N) is 1. The van der Waals surface area contributed by atoms with Crippen molar-refractivity contribution >= 4 is 23.3 Å². The van der Waals surface area contributed by atoms with Crippen LogP contribution in [0.1, 0.15) is 5.56 Å². The summed E-state index contributed by atoms with van der Waals surface area (Å²) in [5.41, 5.74) is 7.57. The third-order valence-electron chi connectivity index (χ3n) is 1.93. The van der Waals surface area contributed by atoms with Crippen molar-refractivity contribution in [2.24, 2.45) is 0 Å². The normalized spacial score (nSPS) is 9.93. The maximum Gasteiger partial charge on any atom is 0.127 e. The van der Waals surface area contributed by atoms with Crippen LogP contribution in [0, 0.1) is 6.92 Å². The van der Waals surface area contributed by atoms with Gasteiger partial charge in [-0.3, -0.25) is 0 Å². The average molecular weight is 223 g/mol. The Balaban J connectivity index is 2.31. The minimum absolute atomic E-state index is 0.784. The van der Waals surface area contributed by atoms with Gasteiger partial charge in [0.25, 0.3) is 0 Å². The van der Waals surface area contributed by atoms with E-state index in [9.17, 15) is 0 Å². The number of nitrogens with two attached hydrogens (primary N) is 1. The molecule has 0 atom stereocenters. The number of hydrogen-bond acceptors (Lipinski definition) is 4. The number of nitrogens with one attached hydrogen (secondary N) is 1. The van der Waals surface area contributed by atoms with Crippen LogP contribution < -0.4 is 11.1 Å². The second-order valence-electron chi connectivity index (χ2n) is 3.22. The van der Waals surface area contributed by atoms with Crippen LogP contribution in [-0.2, 0) is 0 Å². The molecule has 15 heavy (non-hydrogen) atoms. The van der Waals surface area contributed by atoms with Crippen molar-refractivity contribution in [2.45, 2.75) is 6.92 Å². The standard InChI is InChI=1S/C11H17N3S/c1-3-5-15-6-4-13-11-7-10(12)9(2)8-14-11/h3,7-8H,1,4-6H2,2H3,(H3,12,13,14). The summed E-state index contributed by atoms with van der Waals surface area (Å²) in [5, 5.41) is 3.23. The molecule has 1 rings (SSSR count). The van der Waals surface area contributed by atoms with Crippen LogP contribution in [0.5, 0.6) is 0 Å². The molecule has 0 unspecified atom stereocenters. The molecule has 1 aromatic heterocycles. The smallest absolute Gasteiger partial charge is 0.127 e. The summed E-state index contributed by atoms with van der Waals surface area (Å²) in [6, 6.07) is 1.87. The lowest BCUT2D eigenvalue weighted by atomic mass is 10.2. The van der Waals surface area contributed by atoms with E-state index in [0.717, 1.165) is 35.1 Å². The van der Waals surface area contributed by atoms with E-state index in [2.05, 4.69) is 16.9 Å². The van der Waals surface area contributed by atoms with E-state index in [1.807, 2.05) is 30.8 Å². The number of nitrogen functional groups attached to an aromatic ring is 1. The Morgan fingerprint density at radius 1 is 1.67 bits per heavy atom. The van der Waals surface area contributed by atoms with Gasteiger partial charge in [0.05, 0.1) is 0 Å². The maximum absolute atomic E-state index is 5.77. The molecule has 0 saturated carbocycles. The van der Waals surface area contributed by atoms with Crippen molar-refractivity contribution in [3.63, 3.8) is 0 Å². The minimum atomic E-state index is 0.784. The SMILES string of the molecule is C=CCSCCNc1cc(N)c(C)cn1. The van der Waals surface area contributed by atoms with E-state index >= 15 is 0 Å². The summed E-state index contributed by atoms with van der Waals surface area (Å²) in [6.07, 6.45) is 3.70. The molecule has 0 aliphatic heterocycles. The van der Waals surface area contributed by atoms with E-state index in [1.54, 1.807) is 6.20 Å². The molecule has 0 amide bonds. The van der Waals surface area contributed by atoms with Crippen LogP contribution in [0.25, 0.3) is 0 Å². The number of thioether (sulfide) groups is 1. The summed E-state index contributed by atoms with van der Waals surface area (Å²) in [4.78, 5) is 4.24. The molecule has 82 valence electrons. The Bertz CT molecular complexity index is 326. The van der Waals surface area contributed by atoms with Gasteiger partial charge in [0.1, 0.15) is 5.82 Å². The monoisotopic (exact) mass is 223 g/mol. The van der Waals surface area contributed by atoms with Gasteiger partial charge in [0.2, 0.25) is 0 Å². The Labute approximate surface area is 95.2 Å². The molecule has 0 bridgehead atoms. The number of anilines is 2. The van der Waals surface area contributed by atoms with E-state index in [0.29, 0.717) is 0 Å². The van der Waals surface area contributed by atoms with Gasteiger partial charge in [0, 0.05) is 36.0 Å². The molecule has 0 fully saturated rings. The number of pyridine rings is 1. The summed E-state index contributed by atoms with van der Waals surface area (Å²) in [6.45, 7) is 6.51. The number of hydrogen-bond donors (Lipinski definition) is 2. The summed E-state index contributed by atoms with van der Waals surface area (Å²) >= 11 is 1.84. The second-order valence-corrected chi connectivity index (χ2v) is 4.37. The molecule has 0 saturated heterocycles. The first kappa shape index (κ1) is 11.9. The molecule has 1 heterocycles. The van der Waals surface area contributed by atoms with Crippen molar-refractivity contribution < 1.29 is 0 Å². The van der Waals surface area contributed by atoms with Gasteiger partial charge in [-0.05, 0) is 12.5 Å². The molecule has 1 aromatic rings. The van der Waals surface area contributed by atoms with E-state index in [1.165, 1.54) is 0 Å². The van der Waals surface area contributed by atoms with Crippen molar-refractivity contribution in [3.05, 3.63) is 30.5 Å². The molecule has 3 N–H and O–H groups in total. The highest BCUT2D eigenvalue weighted by Crippen LogP contribution is 2.13. The van der Waals surface area contributed by atoms with Crippen LogP contribution in [0.2, 0.25) is 0 Å². The number of rotatable bonds is 6. The molecule has 0 spiro atoms. The van der Waals surface area contributed by atoms with E-state index in [4.69, 9.17) is 5.73 Å². The quantitative estimate of drug-likeness (QED) is 0.574. The van der Waals surface area contributed by atoms with Crippen LogP contribution in [0.15, 0.2) is 24.9 Å². The molecule has 0 aromatic carbocycles. The van der Waals surface area contributed by atoms with Crippen molar-refractivity contribution in [3.8, 4) is 0 Å². The first-order chi connectivity index (χ1) is 7.24. The predicted molar refractivity (Wildman–Crippen MR) is 69.4 cm³/mol. The third-order valence-corrected chi connectivity index (χ3v) is 2.90. The molecule has 4 heteroatoms. The maximum atomic E-state index is 5.77. The highest BCUT2D eigenvalue weighted by atomic mass is 32.2. The van der Waals surface area contributed by atoms with Gasteiger partial charge < -0.3 is 11.1 Å². The molecule has 0 radical (unpaired) electrons. The van der Waals surface area contributed by atoms with Crippen LogP contribution in [0.3, 0.4) is 0 Å². The molecule has 0 aliphatic carbocycles. The zero-order valence-electron chi connectivity index (χ0n) is 8.99. The van der Waals surface area contributed by atoms with Gasteiger partial charge in [-0.2, -0.15) is 11.8 Å². The fourth-order valence-corrected chi connectivity index (χ4v) is 1.63. The Kier molecular flexibility index (Phi) is 5.04. The number of aromatic nitrogens is 1. The lowest BCUT2D eigenvalue weighted by Gasteiger charge is -2.06. The van der Waals surface area contributed by atoms with Gasteiger partial charge in [-0.1, -0.05) is 6.08 Å². The van der Waals surface area contributed by atoms with Crippen molar-refractivity contribution in [1.29, 1.82) is 0 Å². The van der Waals surface area contributed by atoms with Gasteiger partial charge >= 0.3 is 0 Å². The van der Waals surface area contributed by atoms with Crippen LogP contribution in [-0.4, -0.2) is 23.0 Å². The summed E-state index contributed by atoms with van der Waals surface area (Å²) in [5.74, 6) is 2.88. The first-order valence-corrected chi connectivity index (χ1v) is 6.04. The zero-order valence-corrected chi connectivity index (χ0v) is 9.81. The molecular weight excluding hydrogens is 206 g/mol. The number of aryl methyl sites for hydroxylation is 1. The molecular formula is C11H17N3S. The largest absolute Gasteiger partial charge is 0.398 e. The molecule has 0 aliphatic rings. The Morgan fingerprint density at radius 2 is 2.47 bits per heavy atom. The lowest BCUT2D eigenvalue weighted by molar-refractivity contribution is 1.16. The highest BCUT2D eigenvalue weighted by Gasteiger charge is 1.97. The Hall–Kier alpha value is -1.16. The van der Waals surface area contributed by atoms with Crippen molar-refractivity contribution in [1.82, 2.24) is 4.98 Å². The van der Waals surface area contributed by atoms with Gasteiger partial charge in [-0.25, -0.2) is 4.98 Å². The van der Waals surface area contributed by atoms with E-state index < -0.39 is 0 Å². The minimum Gasteiger partial charge on any atom is -0.398 e. The average Bonchev–Trinajstić information content (AvgIpc) is 2.23. The predicted octanol–water partition coefficient (Wildman–Crippen LogP) is 2.30. The first-order valence-electron chi connectivity index (χ1n) is 4.88. The Morgan fingerprint density at radius 3 is 3.13 bits per heavy atom. The van der Waals surface area contributed by atoms with Crippen LogP contribution >= 0.6 is 11.8 Å². The van der Waals surface area contributed by atoms with Crippen LogP contribution in [0.4, 0.5) is 11.5 Å². The highest BCUT2D eigenvalue weighted by molar-refractivity contribution is 7.99. The zero-order chi connectivity index (χ0) is 11.1. The summed E-state index contributed by atoms with van der Waals surface area (Å²) in [7, 11) is 0. The fraction of sp³-hybridized carbons (Fsp3) is 0.364. The van der Waals surface area contributed by atoms with Gasteiger partial charge in [0.15, 0.2) is 0 Å². The fourth-order valence-electron chi connectivity index (χ4n) is 1.05.